The van der Waals surface area contributed by atoms with Crippen molar-refractivity contribution in [3.63, 3.8) is 0 Å². The van der Waals surface area contributed by atoms with Crippen LogP contribution < -0.4 is 15.0 Å². The number of rotatable bonds is 20. The van der Waals surface area contributed by atoms with Crippen molar-refractivity contribution in [2.45, 2.75) is 58.7 Å². The number of aliphatic hydroxyl groups is 1. The van der Waals surface area contributed by atoms with Gasteiger partial charge in [-0.2, -0.15) is 0 Å². The average Bonchev–Trinajstić information content (AvgIpc) is 3.54. The van der Waals surface area contributed by atoms with Crippen molar-refractivity contribution in [2.75, 3.05) is 85.0 Å². The molecule has 1 fully saturated rings. The Bertz CT molecular complexity index is 1530. The number of benzene rings is 2. The molecule has 51 heavy (non-hydrogen) atoms. The van der Waals surface area contributed by atoms with Crippen LogP contribution in [0, 0.1) is 5.41 Å². The SMILES string of the molecule is C[C@@H]1CCCN1C(=O)C(NC(=O)COCCOCCOCCOCC(O)COc1ccc2nc(-c3ccc(N(C)C)cc3)ccc2c1)C(C)(C)C. The van der Waals surface area contributed by atoms with Gasteiger partial charge in [0.15, 0.2) is 0 Å². The highest BCUT2D eigenvalue weighted by Gasteiger charge is 2.38. The van der Waals surface area contributed by atoms with Crippen LogP contribution in [-0.2, 0) is 28.5 Å². The lowest BCUT2D eigenvalue weighted by Crippen LogP contribution is -2.56. The molecule has 12 nitrogen and oxygen atoms in total. The number of nitrogens with one attached hydrogen (secondary N) is 1. The van der Waals surface area contributed by atoms with E-state index in [-0.39, 0.29) is 44.3 Å². The summed E-state index contributed by atoms with van der Waals surface area (Å²) in [4.78, 5) is 34.3. The lowest BCUT2D eigenvalue weighted by molar-refractivity contribution is -0.141. The molecule has 0 spiro atoms. The second-order valence-corrected chi connectivity index (χ2v) is 14.2. The Morgan fingerprint density at radius 1 is 0.922 bits per heavy atom. The van der Waals surface area contributed by atoms with Gasteiger partial charge in [0.2, 0.25) is 11.8 Å². The number of anilines is 1. The zero-order valence-electron chi connectivity index (χ0n) is 31.1. The van der Waals surface area contributed by atoms with Gasteiger partial charge in [-0.15, -0.1) is 0 Å². The number of aliphatic hydroxyl groups excluding tert-OH is 1. The van der Waals surface area contributed by atoms with Crippen molar-refractivity contribution in [2.24, 2.45) is 5.41 Å². The number of hydrogen-bond acceptors (Lipinski definition) is 10. The Balaban J connectivity index is 1.01. The van der Waals surface area contributed by atoms with Crippen molar-refractivity contribution < 1.29 is 38.4 Å². The average molecular weight is 709 g/mol. The second-order valence-electron chi connectivity index (χ2n) is 14.2. The van der Waals surface area contributed by atoms with Gasteiger partial charge in [0.1, 0.15) is 31.1 Å². The van der Waals surface area contributed by atoms with Crippen LogP contribution in [0.2, 0.25) is 0 Å². The van der Waals surface area contributed by atoms with E-state index in [2.05, 4.69) is 34.5 Å². The number of nitrogens with zero attached hydrogens (tertiary/aromatic N) is 3. The zero-order valence-corrected chi connectivity index (χ0v) is 31.1. The topological polar surface area (TPSA) is 132 Å². The van der Waals surface area contributed by atoms with Gasteiger partial charge in [0.25, 0.3) is 0 Å². The molecule has 1 aliphatic rings. The highest BCUT2D eigenvalue weighted by Crippen LogP contribution is 2.27. The van der Waals surface area contributed by atoms with Crippen LogP contribution in [0.25, 0.3) is 22.2 Å². The highest BCUT2D eigenvalue weighted by molar-refractivity contribution is 5.89. The standard InChI is InChI=1S/C39H56N4O8/c1-28-8-7-17-43(28)38(46)37(39(2,3)4)41-36(45)27-50-23-21-48-19-18-47-20-22-49-25-32(44)26-51-33-14-16-35-30(24-33)11-15-34(40-35)29-9-12-31(13-10-29)42(5)6/h9-16,24,28,32,37,44H,7-8,17-23,25-27H2,1-6H3,(H,41,45)/t28-,32?,37?/m1/s1. The van der Waals surface area contributed by atoms with Crippen molar-refractivity contribution in [1.82, 2.24) is 15.2 Å². The maximum absolute atomic E-state index is 13.1. The van der Waals surface area contributed by atoms with Crippen LogP contribution in [-0.4, -0.2) is 125 Å². The largest absolute Gasteiger partial charge is 0.491 e. The Labute approximate surface area is 302 Å². The Morgan fingerprint density at radius 2 is 1.59 bits per heavy atom. The molecule has 12 heteroatoms. The van der Waals surface area contributed by atoms with Gasteiger partial charge in [-0.25, -0.2) is 4.98 Å². The number of amides is 2. The third-order valence-electron chi connectivity index (χ3n) is 8.70. The van der Waals surface area contributed by atoms with E-state index >= 15 is 0 Å². The first-order chi connectivity index (χ1) is 24.4. The first-order valence-corrected chi connectivity index (χ1v) is 17.8. The number of ether oxygens (including phenoxy) is 5. The predicted molar refractivity (Wildman–Crippen MR) is 198 cm³/mol. The monoisotopic (exact) mass is 708 g/mol. The Kier molecular flexibility index (Phi) is 15.4. The molecule has 280 valence electrons. The van der Waals surface area contributed by atoms with E-state index in [0.717, 1.165) is 47.2 Å². The van der Waals surface area contributed by atoms with E-state index in [9.17, 15) is 14.7 Å². The van der Waals surface area contributed by atoms with E-state index in [0.29, 0.717) is 38.8 Å². The number of fused-ring (bicyclic) bond motifs is 1. The summed E-state index contributed by atoms with van der Waals surface area (Å²) in [7, 11) is 4.03. The van der Waals surface area contributed by atoms with Crippen LogP contribution in [0.5, 0.6) is 5.75 Å². The quantitative estimate of drug-likeness (QED) is 0.164. The van der Waals surface area contributed by atoms with Crippen LogP contribution in [0.15, 0.2) is 54.6 Å². The summed E-state index contributed by atoms with van der Waals surface area (Å²) in [6.45, 7) is 10.7. The molecule has 1 saturated heterocycles. The number of carbonyl (C=O) groups excluding carboxylic acids is 2. The molecule has 3 aromatic rings. The summed E-state index contributed by atoms with van der Waals surface area (Å²) < 4.78 is 27.8. The molecule has 1 aromatic heterocycles. The van der Waals surface area contributed by atoms with Gasteiger partial charge in [-0.1, -0.05) is 39.0 Å². The van der Waals surface area contributed by atoms with Crippen LogP contribution in [0.3, 0.4) is 0 Å². The molecular formula is C39H56N4O8. The number of likely N-dealkylation sites (tertiary alicyclic amines) is 1. The van der Waals surface area contributed by atoms with Gasteiger partial charge in [0.05, 0.1) is 57.5 Å². The summed E-state index contributed by atoms with van der Waals surface area (Å²) in [6.07, 6.45) is 1.19. The molecule has 2 aromatic carbocycles. The fraction of sp³-hybridized carbons (Fsp3) is 0.564. The molecule has 0 bridgehead atoms. The molecule has 2 unspecified atom stereocenters. The molecule has 2 amide bonds. The van der Waals surface area contributed by atoms with Gasteiger partial charge < -0.3 is 43.9 Å². The van der Waals surface area contributed by atoms with Gasteiger partial charge in [-0.3, -0.25) is 9.59 Å². The molecule has 2 N–H and O–H groups in total. The molecule has 2 heterocycles. The van der Waals surface area contributed by atoms with Crippen LogP contribution in [0.1, 0.15) is 40.5 Å². The number of pyridine rings is 1. The van der Waals surface area contributed by atoms with Gasteiger partial charge in [-0.05, 0) is 61.6 Å². The zero-order chi connectivity index (χ0) is 36.8. The minimum atomic E-state index is -0.787. The molecule has 3 atom stereocenters. The maximum Gasteiger partial charge on any atom is 0.246 e. The summed E-state index contributed by atoms with van der Waals surface area (Å²) in [5.41, 5.74) is 3.55. The Hall–Kier alpha value is -3.81. The van der Waals surface area contributed by atoms with Crippen LogP contribution >= 0.6 is 0 Å². The first-order valence-electron chi connectivity index (χ1n) is 17.8. The van der Waals surface area contributed by atoms with E-state index in [4.69, 9.17) is 28.7 Å². The fourth-order valence-electron chi connectivity index (χ4n) is 5.74. The van der Waals surface area contributed by atoms with Crippen molar-refractivity contribution in [1.29, 1.82) is 0 Å². The van der Waals surface area contributed by atoms with E-state index in [1.165, 1.54) is 0 Å². The fourth-order valence-corrected chi connectivity index (χ4v) is 5.74. The summed E-state index contributed by atoms with van der Waals surface area (Å²) in [5.74, 6) is 0.294. The number of hydrogen-bond donors (Lipinski definition) is 2. The smallest absolute Gasteiger partial charge is 0.246 e. The molecule has 0 saturated carbocycles. The maximum atomic E-state index is 13.1. The summed E-state index contributed by atoms with van der Waals surface area (Å²) in [5, 5.41) is 14.1. The molecule has 1 aliphatic heterocycles. The predicted octanol–water partition coefficient (Wildman–Crippen LogP) is 4.32. The van der Waals surface area contributed by atoms with Crippen molar-refractivity contribution in [3.8, 4) is 17.0 Å². The lowest BCUT2D eigenvalue weighted by Gasteiger charge is -2.35. The molecular weight excluding hydrogens is 652 g/mol. The normalized spacial score (nSPS) is 15.9. The van der Waals surface area contributed by atoms with E-state index < -0.39 is 17.6 Å². The summed E-state index contributed by atoms with van der Waals surface area (Å²) >= 11 is 0. The molecule has 0 radical (unpaired) electrons. The van der Waals surface area contributed by atoms with E-state index in [1.54, 1.807) is 0 Å². The minimum Gasteiger partial charge on any atom is -0.491 e. The minimum absolute atomic E-state index is 0.0348. The molecule has 4 rings (SSSR count). The van der Waals surface area contributed by atoms with Crippen LogP contribution in [0.4, 0.5) is 5.69 Å². The summed E-state index contributed by atoms with van der Waals surface area (Å²) in [6, 6.07) is 17.6. The third kappa shape index (κ3) is 12.7. The molecule has 0 aliphatic carbocycles. The second kappa shape index (κ2) is 19.7. The van der Waals surface area contributed by atoms with Gasteiger partial charge in [0, 0.05) is 43.3 Å². The van der Waals surface area contributed by atoms with Gasteiger partial charge >= 0.3 is 0 Å². The van der Waals surface area contributed by atoms with Crippen molar-refractivity contribution in [3.05, 3.63) is 54.6 Å². The number of aromatic nitrogens is 1. The Morgan fingerprint density at radius 3 is 2.22 bits per heavy atom. The highest BCUT2D eigenvalue weighted by atomic mass is 16.6. The lowest BCUT2D eigenvalue weighted by atomic mass is 9.85. The van der Waals surface area contributed by atoms with E-state index in [1.807, 2.05) is 77.0 Å². The third-order valence-corrected chi connectivity index (χ3v) is 8.70. The first kappa shape index (κ1) is 40.0. The number of carbonyl (C=O) groups is 2. The van der Waals surface area contributed by atoms with Crippen molar-refractivity contribution >= 4 is 28.4 Å².